The number of benzene rings is 2. The van der Waals surface area contributed by atoms with Gasteiger partial charge in [0.2, 0.25) is 23.8 Å². The Labute approximate surface area is 222 Å². The van der Waals surface area contributed by atoms with Crippen LogP contribution in [0, 0.1) is 5.92 Å². The number of carboxylic acids is 1. The van der Waals surface area contributed by atoms with Crippen molar-refractivity contribution in [2.24, 2.45) is 5.92 Å². The summed E-state index contributed by atoms with van der Waals surface area (Å²) in [5.41, 5.74) is 2.35. The summed E-state index contributed by atoms with van der Waals surface area (Å²) < 4.78 is 0. The summed E-state index contributed by atoms with van der Waals surface area (Å²) in [6.07, 6.45) is 3.20. The first-order valence-corrected chi connectivity index (χ1v) is 13.0. The molecular formula is C28H35N7O3. The van der Waals surface area contributed by atoms with Crippen molar-refractivity contribution in [3.8, 4) is 0 Å². The van der Waals surface area contributed by atoms with E-state index in [1.54, 1.807) is 31.3 Å². The number of rotatable bonds is 11. The zero-order valence-electron chi connectivity index (χ0n) is 21.8. The van der Waals surface area contributed by atoms with Crippen LogP contribution in [0.5, 0.6) is 0 Å². The fraction of sp³-hybridized carbons (Fsp3) is 0.393. The summed E-state index contributed by atoms with van der Waals surface area (Å²) in [7, 11) is 1.78. The standard InChI is InChI=1S/C28H35N7O3/c1-18(20-6-4-3-5-7-20)16-31-27-33-26(29-2)34-28(35-27)32-23-14-12-21(13-15-23)24(36)30-17-19-8-10-22(11-9-19)25(37)38/h3-11,18,21,23H,12-17H2,1-2H3,(H,30,36)(H,37,38)(H3,29,31,32,33,34,35)/t18-,21?,23?/m0/s1. The Kier molecular flexibility index (Phi) is 9.07. The summed E-state index contributed by atoms with van der Waals surface area (Å²) in [5.74, 6) is 0.831. The Hall–Kier alpha value is -4.21. The molecule has 0 radical (unpaired) electrons. The van der Waals surface area contributed by atoms with Crippen molar-refractivity contribution in [2.75, 3.05) is 29.5 Å². The lowest BCUT2D eigenvalue weighted by Crippen LogP contribution is -2.36. The third-order valence-corrected chi connectivity index (χ3v) is 6.89. The first-order chi connectivity index (χ1) is 18.4. The Morgan fingerprint density at radius 3 is 2.24 bits per heavy atom. The molecule has 4 rings (SSSR count). The van der Waals surface area contributed by atoms with Gasteiger partial charge in [-0.1, -0.05) is 49.4 Å². The molecule has 5 N–H and O–H groups in total. The van der Waals surface area contributed by atoms with E-state index < -0.39 is 5.97 Å². The molecule has 3 aromatic rings. The predicted molar refractivity (Wildman–Crippen MR) is 147 cm³/mol. The second kappa shape index (κ2) is 12.8. The van der Waals surface area contributed by atoms with E-state index in [0.717, 1.165) is 31.2 Å². The van der Waals surface area contributed by atoms with Crippen LogP contribution in [0.1, 0.15) is 60.0 Å². The normalized spacial score (nSPS) is 17.7. The number of nitrogens with one attached hydrogen (secondary N) is 4. The van der Waals surface area contributed by atoms with Gasteiger partial charge in [-0.3, -0.25) is 4.79 Å². The molecule has 2 aromatic carbocycles. The summed E-state index contributed by atoms with van der Waals surface area (Å²) in [4.78, 5) is 37.2. The molecule has 0 saturated heterocycles. The van der Waals surface area contributed by atoms with E-state index >= 15 is 0 Å². The quantitative estimate of drug-likeness (QED) is 0.254. The van der Waals surface area contributed by atoms with Gasteiger partial charge < -0.3 is 26.4 Å². The Morgan fingerprint density at radius 1 is 0.921 bits per heavy atom. The van der Waals surface area contributed by atoms with Gasteiger partial charge in [0, 0.05) is 32.1 Å². The smallest absolute Gasteiger partial charge is 0.335 e. The van der Waals surface area contributed by atoms with E-state index in [9.17, 15) is 9.59 Å². The van der Waals surface area contributed by atoms with Gasteiger partial charge in [-0.2, -0.15) is 15.0 Å². The lowest BCUT2D eigenvalue weighted by atomic mass is 9.85. The molecule has 1 amide bonds. The van der Waals surface area contributed by atoms with Crippen LogP contribution in [0.3, 0.4) is 0 Å². The molecule has 38 heavy (non-hydrogen) atoms. The Bertz CT molecular complexity index is 1210. The number of nitrogens with zero attached hydrogens (tertiary/aromatic N) is 3. The van der Waals surface area contributed by atoms with Gasteiger partial charge in [-0.05, 0) is 54.9 Å². The molecule has 1 atom stereocenters. The van der Waals surface area contributed by atoms with Gasteiger partial charge in [0.25, 0.3) is 0 Å². The molecule has 10 nitrogen and oxygen atoms in total. The van der Waals surface area contributed by atoms with Gasteiger partial charge in [-0.25, -0.2) is 4.79 Å². The van der Waals surface area contributed by atoms with E-state index in [1.807, 2.05) is 18.2 Å². The third-order valence-electron chi connectivity index (χ3n) is 6.89. The number of aromatic nitrogens is 3. The number of anilines is 3. The summed E-state index contributed by atoms with van der Waals surface area (Å²) in [6.45, 7) is 3.24. The minimum absolute atomic E-state index is 0.0300. The third kappa shape index (κ3) is 7.41. The predicted octanol–water partition coefficient (Wildman–Crippen LogP) is 4.11. The van der Waals surface area contributed by atoms with Gasteiger partial charge in [0.1, 0.15) is 0 Å². The van der Waals surface area contributed by atoms with E-state index in [0.29, 0.717) is 36.9 Å². The second-order valence-electron chi connectivity index (χ2n) is 9.66. The second-order valence-corrected chi connectivity index (χ2v) is 9.66. The van der Waals surface area contributed by atoms with Gasteiger partial charge in [0.05, 0.1) is 5.56 Å². The van der Waals surface area contributed by atoms with Gasteiger partial charge >= 0.3 is 5.97 Å². The Balaban J connectivity index is 1.26. The molecule has 0 bridgehead atoms. The van der Waals surface area contributed by atoms with Crippen molar-refractivity contribution in [3.63, 3.8) is 0 Å². The van der Waals surface area contributed by atoms with Crippen molar-refractivity contribution in [3.05, 3.63) is 71.3 Å². The van der Waals surface area contributed by atoms with Gasteiger partial charge in [0.15, 0.2) is 0 Å². The van der Waals surface area contributed by atoms with Crippen molar-refractivity contribution < 1.29 is 14.7 Å². The number of carboxylic acid groups (broad SMARTS) is 1. The molecule has 1 aromatic heterocycles. The fourth-order valence-electron chi connectivity index (χ4n) is 4.56. The van der Waals surface area contributed by atoms with Crippen LogP contribution in [0.2, 0.25) is 0 Å². The number of hydrogen-bond acceptors (Lipinski definition) is 8. The average molecular weight is 518 g/mol. The minimum Gasteiger partial charge on any atom is -0.478 e. The van der Waals surface area contributed by atoms with Crippen LogP contribution in [-0.4, -0.2) is 51.6 Å². The van der Waals surface area contributed by atoms with E-state index in [2.05, 4.69) is 55.3 Å². The zero-order chi connectivity index (χ0) is 26.9. The van der Waals surface area contributed by atoms with Crippen molar-refractivity contribution in [1.82, 2.24) is 20.3 Å². The van der Waals surface area contributed by atoms with Gasteiger partial charge in [-0.15, -0.1) is 0 Å². The summed E-state index contributed by atoms with van der Waals surface area (Å²) in [6, 6.07) is 17.0. The number of carbonyl (C=O) groups is 2. The van der Waals surface area contributed by atoms with Crippen molar-refractivity contribution >= 4 is 29.7 Å². The van der Waals surface area contributed by atoms with Crippen LogP contribution in [-0.2, 0) is 11.3 Å². The SMILES string of the molecule is CNc1nc(NC[C@H](C)c2ccccc2)nc(NC2CCC(C(=O)NCc3ccc(C(=O)O)cc3)CC2)n1. The molecule has 0 spiro atoms. The molecule has 0 unspecified atom stereocenters. The lowest BCUT2D eigenvalue weighted by Gasteiger charge is -2.28. The van der Waals surface area contributed by atoms with Crippen molar-refractivity contribution in [1.29, 1.82) is 0 Å². The molecule has 10 heteroatoms. The highest BCUT2D eigenvalue weighted by Crippen LogP contribution is 2.27. The van der Waals surface area contributed by atoms with Crippen LogP contribution in [0.15, 0.2) is 54.6 Å². The van der Waals surface area contributed by atoms with E-state index in [-0.39, 0.29) is 23.4 Å². The van der Waals surface area contributed by atoms with Crippen LogP contribution < -0.4 is 21.3 Å². The highest BCUT2D eigenvalue weighted by molar-refractivity contribution is 5.87. The first-order valence-electron chi connectivity index (χ1n) is 13.0. The molecule has 1 aliphatic rings. The summed E-state index contributed by atoms with van der Waals surface area (Å²) >= 11 is 0. The highest BCUT2D eigenvalue weighted by Gasteiger charge is 2.26. The number of hydrogen-bond donors (Lipinski definition) is 5. The highest BCUT2D eigenvalue weighted by atomic mass is 16.4. The monoisotopic (exact) mass is 517 g/mol. The molecule has 1 aliphatic carbocycles. The van der Waals surface area contributed by atoms with E-state index in [1.165, 1.54) is 5.56 Å². The molecule has 200 valence electrons. The largest absolute Gasteiger partial charge is 0.478 e. The molecule has 1 heterocycles. The Morgan fingerprint density at radius 2 is 1.58 bits per heavy atom. The average Bonchev–Trinajstić information content (AvgIpc) is 2.95. The van der Waals surface area contributed by atoms with Crippen LogP contribution >= 0.6 is 0 Å². The number of carbonyl (C=O) groups excluding carboxylic acids is 1. The maximum Gasteiger partial charge on any atom is 0.335 e. The van der Waals surface area contributed by atoms with Crippen LogP contribution in [0.4, 0.5) is 17.8 Å². The fourth-order valence-corrected chi connectivity index (χ4v) is 4.56. The first kappa shape index (κ1) is 26.8. The number of amides is 1. The minimum atomic E-state index is -0.963. The van der Waals surface area contributed by atoms with Crippen molar-refractivity contribution in [2.45, 2.75) is 51.1 Å². The number of aromatic carboxylic acids is 1. The van der Waals surface area contributed by atoms with E-state index in [4.69, 9.17) is 5.11 Å². The maximum atomic E-state index is 12.7. The maximum absolute atomic E-state index is 12.7. The molecule has 0 aliphatic heterocycles. The molecule has 1 fully saturated rings. The topological polar surface area (TPSA) is 141 Å². The molecule has 1 saturated carbocycles. The summed E-state index contributed by atoms with van der Waals surface area (Å²) in [5, 5.41) is 21.7. The zero-order valence-corrected chi connectivity index (χ0v) is 21.8. The van der Waals surface area contributed by atoms with Crippen LogP contribution in [0.25, 0.3) is 0 Å². The molecular weight excluding hydrogens is 482 g/mol. The lowest BCUT2D eigenvalue weighted by molar-refractivity contribution is -0.126.